The molecular weight excluding hydrogens is 295 g/mol. The zero-order valence-electron chi connectivity index (χ0n) is 11.7. The predicted molar refractivity (Wildman–Crippen MR) is 79.0 cm³/mol. The molecule has 110 valence electrons. The third-order valence-corrected chi connectivity index (χ3v) is 3.44. The summed E-state index contributed by atoms with van der Waals surface area (Å²) in [4.78, 5) is 12.4. The van der Waals surface area contributed by atoms with E-state index in [0.29, 0.717) is 27.6 Å². The summed E-state index contributed by atoms with van der Waals surface area (Å²) >= 11 is 5.98. The van der Waals surface area contributed by atoms with Crippen molar-refractivity contribution in [3.63, 3.8) is 0 Å². The predicted octanol–water partition coefficient (Wildman–Crippen LogP) is 3.92. The Labute approximate surface area is 127 Å². The van der Waals surface area contributed by atoms with Crippen LogP contribution in [0, 0.1) is 5.82 Å². The largest absolute Gasteiger partial charge is 0.497 e. The first-order valence-corrected chi connectivity index (χ1v) is 6.62. The summed E-state index contributed by atoms with van der Waals surface area (Å²) in [6, 6.07) is 8.86. The SMILES string of the molecule is COc1ccc(C(=O)Cc2cc(F)ccc2Cl)c(OC)c1. The number of carbonyl (C=O) groups is 1. The van der Waals surface area contributed by atoms with E-state index >= 15 is 0 Å². The maximum Gasteiger partial charge on any atom is 0.171 e. The van der Waals surface area contributed by atoms with E-state index in [0.717, 1.165) is 0 Å². The van der Waals surface area contributed by atoms with Crippen LogP contribution in [0.4, 0.5) is 4.39 Å². The summed E-state index contributed by atoms with van der Waals surface area (Å²) < 4.78 is 23.5. The number of rotatable bonds is 5. The van der Waals surface area contributed by atoms with Gasteiger partial charge in [0, 0.05) is 17.5 Å². The number of ether oxygens (including phenoxy) is 2. The molecule has 21 heavy (non-hydrogen) atoms. The summed E-state index contributed by atoms with van der Waals surface area (Å²) in [6.45, 7) is 0. The van der Waals surface area contributed by atoms with E-state index in [-0.39, 0.29) is 12.2 Å². The first kappa shape index (κ1) is 15.3. The van der Waals surface area contributed by atoms with Crippen LogP contribution in [-0.4, -0.2) is 20.0 Å². The van der Waals surface area contributed by atoms with Gasteiger partial charge < -0.3 is 9.47 Å². The highest BCUT2D eigenvalue weighted by molar-refractivity contribution is 6.31. The van der Waals surface area contributed by atoms with Gasteiger partial charge in [0.25, 0.3) is 0 Å². The Balaban J connectivity index is 2.30. The highest BCUT2D eigenvalue weighted by Gasteiger charge is 2.15. The Hall–Kier alpha value is -2.07. The van der Waals surface area contributed by atoms with Crippen molar-refractivity contribution in [2.24, 2.45) is 0 Å². The molecule has 0 saturated heterocycles. The molecule has 0 atom stereocenters. The Morgan fingerprint density at radius 1 is 1.14 bits per heavy atom. The molecule has 0 spiro atoms. The molecule has 0 unspecified atom stereocenters. The standard InChI is InChI=1S/C16H14ClFO3/c1-20-12-4-5-13(16(9-12)21-2)15(19)8-10-7-11(18)3-6-14(10)17/h3-7,9H,8H2,1-2H3. The number of Topliss-reactive ketones (excluding diaryl/α,β-unsaturated/α-hetero) is 1. The summed E-state index contributed by atoms with van der Waals surface area (Å²) in [6.07, 6.45) is -0.000712. The van der Waals surface area contributed by atoms with Gasteiger partial charge in [0.15, 0.2) is 5.78 Å². The molecule has 0 aliphatic heterocycles. The third-order valence-electron chi connectivity index (χ3n) is 3.07. The Kier molecular flexibility index (Phi) is 4.81. The van der Waals surface area contributed by atoms with Crippen molar-refractivity contribution < 1.29 is 18.7 Å². The summed E-state index contributed by atoms with van der Waals surface area (Å²) in [5.41, 5.74) is 0.846. The molecule has 2 rings (SSSR count). The van der Waals surface area contributed by atoms with Crippen LogP contribution in [0.3, 0.4) is 0 Å². The Bertz CT molecular complexity index is 671. The molecule has 0 saturated carbocycles. The van der Waals surface area contributed by atoms with Crippen LogP contribution >= 0.6 is 11.6 Å². The van der Waals surface area contributed by atoms with E-state index in [1.54, 1.807) is 18.2 Å². The molecule has 0 fully saturated rings. The van der Waals surface area contributed by atoms with E-state index in [9.17, 15) is 9.18 Å². The zero-order valence-corrected chi connectivity index (χ0v) is 12.4. The first-order chi connectivity index (χ1) is 10.0. The van der Waals surface area contributed by atoms with Gasteiger partial charge in [-0.2, -0.15) is 0 Å². The molecule has 0 amide bonds. The smallest absolute Gasteiger partial charge is 0.171 e. The van der Waals surface area contributed by atoms with Gasteiger partial charge >= 0.3 is 0 Å². The molecule has 0 aliphatic rings. The van der Waals surface area contributed by atoms with Gasteiger partial charge in [0.05, 0.1) is 19.8 Å². The molecular formula is C16H14ClFO3. The third kappa shape index (κ3) is 3.52. The lowest BCUT2D eigenvalue weighted by atomic mass is 10.0. The molecule has 0 radical (unpaired) electrons. The van der Waals surface area contributed by atoms with Crippen LogP contribution in [-0.2, 0) is 6.42 Å². The molecule has 0 aliphatic carbocycles. The molecule has 2 aromatic rings. The number of hydrogen-bond acceptors (Lipinski definition) is 3. The first-order valence-electron chi connectivity index (χ1n) is 6.24. The molecule has 2 aromatic carbocycles. The molecule has 0 bridgehead atoms. The minimum atomic E-state index is -0.427. The lowest BCUT2D eigenvalue weighted by Gasteiger charge is -2.10. The molecule has 0 N–H and O–H groups in total. The number of halogens is 2. The van der Waals surface area contributed by atoms with Crippen LogP contribution in [0.5, 0.6) is 11.5 Å². The van der Waals surface area contributed by atoms with Gasteiger partial charge in [-0.05, 0) is 35.9 Å². The second-order valence-corrected chi connectivity index (χ2v) is 4.81. The van der Waals surface area contributed by atoms with Crippen molar-refractivity contribution >= 4 is 17.4 Å². The van der Waals surface area contributed by atoms with Crippen molar-refractivity contribution in [3.05, 3.63) is 58.4 Å². The minimum Gasteiger partial charge on any atom is -0.497 e. The average Bonchev–Trinajstić information content (AvgIpc) is 2.50. The highest BCUT2D eigenvalue weighted by atomic mass is 35.5. The quantitative estimate of drug-likeness (QED) is 0.785. The molecule has 5 heteroatoms. The van der Waals surface area contributed by atoms with E-state index in [1.165, 1.54) is 32.4 Å². The fourth-order valence-electron chi connectivity index (χ4n) is 1.98. The van der Waals surface area contributed by atoms with Crippen LogP contribution in [0.25, 0.3) is 0 Å². The lowest BCUT2D eigenvalue weighted by molar-refractivity contribution is 0.0990. The summed E-state index contributed by atoms with van der Waals surface area (Å²) in [5.74, 6) is 0.366. The maximum atomic E-state index is 13.2. The maximum absolute atomic E-state index is 13.2. The second-order valence-electron chi connectivity index (χ2n) is 4.40. The second kappa shape index (κ2) is 6.59. The monoisotopic (exact) mass is 308 g/mol. The van der Waals surface area contributed by atoms with Gasteiger partial charge in [0.2, 0.25) is 0 Å². The normalized spacial score (nSPS) is 10.3. The fourth-order valence-corrected chi connectivity index (χ4v) is 2.16. The molecule has 0 aromatic heterocycles. The minimum absolute atomic E-state index is 0.000712. The van der Waals surface area contributed by atoms with Crippen LogP contribution < -0.4 is 9.47 Å². The van der Waals surface area contributed by atoms with Crippen molar-refractivity contribution in [2.45, 2.75) is 6.42 Å². The van der Waals surface area contributed by atoms with Gasteiger partial charge in [-0.15, -0.1) is 0 Å². The van der Waals surface area contributed by atoms with Crippen LogP contribution in [0.1, 0.15) is 15.9 Å². The van der Waals surface area contributed by atoms with E-state index in [2.05, 4.69) is 0 Å². The number of carbonyl (C=O) groups excluding carboxylic acids is 1. The average molecular weight is 309 g/mol. The van der Waals surface area contributed by atoms with E-state index in [4.69, 9.17) is 21.1 Å². The van der Waals surface area contributed by atoms with Gasteiger partial charge in [-0.3, -0.25) is 4.79 Å². The number of methoxy groups -OCH3 is 2. The number of benzene rings is 2. The highest BCUT2D eigenvalue weighted by Crippen LogP contribution is 2.27. The molecule has 0 heterocycles. The van der Waals surface area contributed by atoms with Crippen LogP contribution in [0.2, 0.25) is 5.02 Å². The van der Waals surface area contributed by atoms with Crippen molar-refractivity contribution in [3.8, 4) is 11.5 Å². The van der Waals surface area contributed by atoms with E-state index in [1.807, 2.05) is 0 Å². The Morgan fingerprint density at radius 3 is 2.57 bits per heavy atom. The van der Waals surface area contributed by atoms with Crippen molar-refractivity contribution in [1.29, 1.82) is 0 Å². The van der Waals surface area contributed by atoms with Gasteiger partial charge in [-0.1, -0.05) is 11.6 Å². The summed E-state index contributed by atoms with van der Waals surface area (Å²) in [7, 11) is 3.00. The number of hydrogen-bond donors (Lipinski definition) is 0. The van der Waals surface area contributed by atoms with Gasteiger partial charge in [0.1, 0.15) is 17.3 Å². The van der Waals surface area contributed by atoms with Crippen molar-refractivity contribution in [2.75, 3.05) is 14.2 Å². The Morgan fingerprint density at radius 2 is 1.90 bits per heavy atom. The van der Waals surface area contributed by atoms with E-state index < -0.39 is 5.82 Å². The topological polar surface area (TPSA) is 35.5 Å². The summed E-state index contributed by atoms with van der Waals surface area (Å²) in [5, 5.41) is 0.359. The van der Waals surface area contributed by atoms with Gasteiger partial charge in [-0.25, -0.2) is 4.39 Å². The van der Waals surface area contributed by atoms with Crippen molar-refractivity contribution in [1.82, 2.24) is 0 Å². The molecule has 3 nitrogen and oxygen atoms in total. The fraction of sp³-hybridized carbons (Fsp3) is 0.188. The lowest BCUT2D eigenvalue weighted by Crippen LogP contribution is -2.06. The van der Waals surface area contributed by atoms with Crippen LogP contribution in [0.15, 0.2) is 36.4 Å². The zero-order chi connectivity index (χ0) is 15.4. The number of ketones is 1.